The normalized spacial score (nSPS) is 12.4. The molecule has 0 saturated heterocycles. The van der Waals surface area contributed by atoms with Gasteiger partial charge in [-0.1, -0.05) is 136 Å². The van der Waals surface area contributed by atoms with Crippen LogP contribution >= 0.6 is 0 Å². The van der Waals surface area contributed by atoms with Gasteiger partial charge in [-0.15, -0.1) is 0 Å². The zero-order valence-electron chi connectivity index (χ0n) is 31.4. The molecule has 0 amide bonds. The molecule has 1 aliphatic carbocycles. The fourth-order valence-electron chi connectivity index (χ4n) is 8.10. The van der Waals surface area contributed by atoms with Crippen molar-refractivity contribution < 1.29 is 19.1 Å². The minimum Gasteiger partial charge on any atom is -0.423 e. The Bertz CT molecular complexity index is 2700. The van der Waals surface area contributed by atoms with E-state index < -0.39 is 17.4 Å². The minimum atomic E-state index is -0.731. The van der Waals surface area contributed by atoms with Crippen molar-refractivity contribution in [2.45, 2.75) is 33.1 Å². The number of carbonyl (C=O) groups is 2. The fraction of sp³-hybridized carbons (Fsp3) is 0.0980. The molecule has 0 unspecified atom stereocenters. The molecule has 0 spiro atoms. The van der Waals surface area contributed by atoms with Crippen molar-refractivity contribution in [3.8, 4) is 22.6 Å². The van der Waals surface area contributed by atoms with E-state index in [1.807, 2.05) is 50.2 Å². The smallest absolute Gasteiger partial charge is 0.338 e. The summed E-state index contributed by atoms with van der Waals surface area (Å²) in [5.41, 5.74) is 7.08. The van der Waals surface area contributed by atoms with Gasteiger partial charge in [0.25, 0.3) is 0 Å². The van der Waals surface area contributed by atoms with Crippen molar-refractivity contribution in [2.24, 2.45) is 0 Å². The second-order valence-electron chi connectivity index (χ2n) is 14.0. The number of ether oxygens (including phenoxy) is 2. The Morgan fingerprint density at radius 2 is 0.818 bits per heavy atom. The zero-order chi connectivity index (χ0) is 38.4. The monoisotopic (exact) mass is 716 g/mol. The Kier molecular flexibility index (Phi) is 8.90. The third-order valence-corrected chi connectivity index (χ3v) is 10.5. The molecule has 0 radical (unpaired) electrons. The number of carbonyl (C=O) groups excluding carboxylic acids is 2. The molecule has 0 N–H and O–H groups in total. The van der Waals surface area contributed by atoms with Gasteiger partial charge in [-0.2, -0.15) is 0 Å². The number of fused-ring (bicyclic) bond motifs is 9. The number of esters is 2. The number of benzene rings is 8. The molecule has 0 heterocycles. The van der Waals surface area contributed by atoms with Gasteiger partial charge >= 0.3 is 11.9 Å². The van der Waals surface area contributed by atoms with E-state index >= 15 is 0 Å². The van der Waals surface area contributed by atoms with Crippen LogP contribution in [0.15, 0.2) is 170 Å². The fourth-order valence-corrected chi connectivity index (χ4v) is 8.10. The van der Waals surface area contributed by atoms with E-state index in [2.05, 4.69) is 122 Å². The maximum Gasteiger partial charge on any atom is 0.338 e. The Balaban J connectivity index is 0.00000210. The molecule has 4 heteroatoms. The molecule has 1 aliphatic rings. The summed E-state index contributed by atoms with van der Waals surface area (Å²) in [5, 5.41) is 8.68. The van der Waals surface area contributed by atoms with E-state index in [-0.39, 0.29) is 0 Å². The van der Waals surface area contributed by atoms with Crippen molar-refractivity contribution in [1.82, 2.24) is 0 Å². The first-order valence-corrected chi connectivity index (χ1v) is 18.6. The second-order valence-corrected chi connectivity index (χ2v) is 14.0. The van der Waals surface area contributed by atoms with Crippen molar-refractivity contribution >= 4 is 55.0 Å². The van der Waals surface area contributed by atoms with Crippen LogP contribution in [0, 0.1) is 0 Å². The number of hydrogen-bond donors (Lipinski definition) is 0. The topological polar surface area (TPSA) is 52.6 Å². The highest BCUT2D eigenvalue weighted by molar-refractivity contribution is 6.07. The molecular formula is C51H40O4. The molecule has 0 atom stereocenters. The molecule has 4 nitrogen and oxygen atoms in total. The maximum absolute atomic E-state index is 12.4. The quantitative estimate of drug-likeness (QED) is 0.0976. The average Bonchev–Trinajstić information content (AvgIpc) is 3.53. The molecule has 0 aromatic heterocycles. The van der Waals surface area contributed by atoms with Gasteiger partial charge < -0.3 is 9.47 Å². The third kappa shape index (κ3) is 5.78. The number of hydrogen-bond acceptors (Lipinski definition) is 4. The van der Waals surface area contributed by atoms with Crippen molar-refractivity contribution in [3.05, 3.63) is 192 Å². The summed E-state index contributed by atoms with van der Waals surface area (Å²) < 4.78 is 11.2. The highest BCUT2D eigenvalue weighted by atomic mass is 16.5. The van der Waals surface area contributed by atoms with Crippen LogP contribution in [-0.4, -0.2) is 11.9 Å². The van der Waals surface area contributed by atoms with Gasteiger partial charge in [0.15, 0.2) is 0 Å². The molecule has 0 fully saturated rings. The van der Waals surface area contributed by atoms with Crippen molar-refractivity contribution in [2.75, 3.05) is 0 Å². The lowest BCUT2D eigenvalue weighted by molar-refractivity contribution is -0.130. The first-order valence-electron chi connectivity index (χ1n) is 18.6. The SMILES string of the molecule is C=C(C)C(=O)Oc1ccc2cc(C3(c4ccc5cc(OC(=O)C(=C)C)ccc5c4)c4c(ccc5ccccc45)-c4ccc5ccccc5c43)ccc2c1.CC. The molecule has 9 rings (SSSR count). The van der Waals surface area contributed by atoms with Crippen LogP contribution in [0.1, 0.15) is 49.9 Å². The lowest BCUT2D eigenvalue weighted by Crippen LogP contribution is -2.29. The lowest BCUT2D eigenvalue weighted by Gasteiger charge is -2.36. The molecule has 8 aromatic rings. The highest BCUT2D eigenvalue weighted by Crippen LogP contribution is 2.60. The minimum absolute atomic E-state index is 0.347. The molecule has 268 valence electrons. The maximum atomic E-state index is 12.4. The summed E-state index contributed by atoms with van der Waals surface area (Å²) in [6.45, 7) is 14.7. The summed E-state index contributed by atoms with van der Waals surface area (Å²) in [5.74, 6) is 0.0548. The van der Waals surface area contributed by atoms with Crippen LogP contribution in [0.25, 0.3) is 54.2 Å². The van der Waals surface area contributed by atoms with Crippen LogP contribution in [0.2, 0.25) is 0 Å². The van der Waals surface area contributed by atoms with Crippen LogP contribution in [-0.2, 0) is 15.0 Å². The summed E-state index contributed by atoms with van der Waals surface area (Å²) in [4.78, 5) is 24.7. The molecule has 0 saturated carbocycles. The van der Waals surface area contributed by atoms with E-state index in [4.69, 9.17) is 9.47 Å². The predicted molar refractivity (Wildman–Crippen MR) is 226 cm³/mol. The van der Waals surface area contributed by atoms with Crippen LogP contribution in [0.5, 0.6) is 11.5 Å². The van der Waals surface area contributed by atoms with E-state index in [1.54, 1.807) is 13.8 Å². The molecule has 8 aromatic carbocycles. The standard InChI is InChI=1S/C49H34O4.C2H6/c1-29(2)47(50)52-39-21-15-33-25-37(19-13-35(33)27-39)49(38-20-14-36-28-40(22-16-34(36)26-38)53-48(51)30(3)4)45-41-11-7-5-9-31(41)17-23-43(45)44-24-18-32-10-6-8-12-42(32)46(44)49;1-2/h5-28H,1,3H2,2,4H3;1-2H3. The molecular weight excluding hydrogens is 677 g/mol. The largest absolute Gasteiger partial charge is 0.423 e. The lowest BCUT2D eigenvalue weighted by atomic mass is 9.65. The van der Waals surface area contributed by atoms with Crippen LogP contribution in [0.3, 0.4) is 0 Å². The Morgan fingerprint density at radius 1 is 0.455 bits per heavy atom. The summed E-state index contributed by atoms with van der Waals surface area (Å²) in [7, 11) is 0. The summed E-state index contributed by atoms with van der Waals surface area (Å²) in [6.07, 6.45) is 0. The molecule has 0 bridgehead atoms. The summed E-state index contributed by atoms with van der Waals surface area (Å²) >= 11 is 0. The first-order chi connectivity index (χ1) is 26.7. The third-order valence-electron chi connectivity index (χ3n) is 10.5. The van der Waals surface area contributed by atoms with E-state index in [0.29, 0.717) is 22.6 Å². The van der Waals surface area contributed by atoms with Gasteiger partial charge in [-0.05, 0) is 127 Å². The Labute approximate surface area is 321 Å². The van der Waals surface area contributed by atoms with Gasteiger partial charge in [0, 0.05) is 11.1 Å². The van der Waals surface area contributed by atoms with Crippen molar-refractivity contribution in [3.63, 3.8) is 0 Å². The second kappa shape index (κ2) is 13.9. The van der Waals surface area contributed by atoms with Gasteiger partial charge in [0.1, 0.15) is 11.5 Å². The summed E-state index contributed by atoms with van der Waals surface area (Å²) in [6, 6.07) is 51.1. The molecule has 55 heavy (non-hydrogen) atoms. The highest BCUT2D eigenvalue weighted by Gasteiger charge is 2.48. The predicted octanol–water partition coefficient (Wildman–Crippen LogP) is 12.7. The van der Waals surface area contributed by atoms with E-state index in [0.717, 1.165) is 32.7 Å². The Hall–Kier alpha value is -6.78. The van der Waals surface area contributed by atoms with Gasteiger partial charge in [-0.3, -0.25) is 0 Å². The average molecular weight is 717 g/mol. The van der Waals surface area contributed by atoms with Crippen LogP contribution < -0.4 is 9.47 Å². The Morgan fingerprint density at radius 3 is 1.24 bits per heavy atom. The van der Waals surface area contributed by atoms with E-state index in [9.17, 15) is 9.59 Å². The van der Waals surface area contributed by atoms with Gasteiger partial charge in [0.05, 0.1) is 5.41 Å². The zero-order valence-corrected chi connectivity index (χ0v) is 31.4. The van der Waals surface area contributed by atoms with Gasteiger partial charge in [-0.25, -0.2) is 9.59 Å². The number of rotatable bonds is 6. The van der Waals surface area contributed by atoms with E-state index in [1.165, 1.54) is 43.8 Å². The first kappa shape index (κ1) is 35.3. The molecule has 0 aliphatic heterocycles. The van der Waals surface area contributed by atoms with Crippen molar-refractivity contribution in [1.29, 1.82) is 0 Å². The van der Waals surface area contributed by atoms with Crippen LogP contribution in [0.4, 0.5) is 0 Å². The van der Waals surface area contributed by atoms with Gasteiger partial charge in [0.2, 0.25) is 0 Å².